The number of benzene rings is 2. The molecule has 0 fully saturated rings. The molecule has 0 aliphatic rings. The van der Waals surface area contributed by atoms with E-state index in [1.807, 2.05) is 31.2 Å². The van der Waals surface area contributed by atoms with Gasteiger partial charge in [0.15, 0.2) is 0 Å². The molecule has 2 nitrogen and oxygen atoms in total. The summed E-state index contributed by atoms with van der Waals surface area (Å²) in [6.45, 7) is 1.22. The second kappa shape index (κ2) is 6.33. The standard InChI is InChI=1S/C17H18F2O2/c1-12-4-2-3-5-15(12)17(10-20,11-21)9-13-6-7-14(18)8-16(13)19/h2-8,20-21H,9-11H2,1H3. The van der Waals surface area contributed by atoms with Crippen LogP contribution in [0.3, 0.4) is 0 Å². The summed E-state index contributed by atoms with van der Waals surface area (Å²) in [6, 6.07) is 10.7. The molecule has 0 aliphatic heterocycles. The summed E-state index contributed by atoms with van der Waals surface area (Å²) in [4.78, 5) is 0. The first kappa shape index (κ1) is 15.6. The quantitative estimate of drug-likeness (QED) is 0.889. The van der Waals surface area contributed by atoms with E-state index in [0.717, 1.165) is 17.2 Å². The van der Waals surface area contributed by atoms with Gasteiger partial charge in [-0.05, 0) is 36.1 Å². The SMILES string of the molecule is Cc1ccccc1C(CO)(CO)Cc1ccc(F)cc1F. The van der Waals surface area contributed by atoms with Gasteiger partial charge in [0, 0.05) is 11.5 Å². The maximum Gasteiger partial charge on any atom is 0.129 e. The molecule has 0 heterocycles. The predicted octanol–water partition coefficient (Wildman–Crippen LogP) is 2.74. The molecule has 0 spiro atoms. The molecule has 4 heteroatoms. The van der Waals surface area contributed by atoms with Crippen molar-refractivity contribution in [2.45, 2.75) is 18.8 Å². The Kier molecular flexibility index (Phi) is 4.70. The van der Waals surface area contributed by atoms with E-state index in [1.165, 1.54) is 12.1 Å². The van der Waals surface area contributed by atoms with Crippen LogP contribution in [0.5, 0.6) is 0 Å². The number of rotatable bonds is 5. The van der Waals surface area contributed by atoms with Gasteiger partial charge in [0.1, 0.15) is 11.6 Å². The van der Waals surface area contributed by atoms with Crippen molar-refractivity contribution in [3.8, 4) is 0 Å². The summed E-state index contributed by atoms with van der Waals surface area (Å²) < 4.78 is 26.9. The van der Waals surface area contributed by atoms with Crippen LogP contribution in [0.15, 0.2) is 42.5 Å². The lowest BCUT2D eigenvalue weighted by atomic mass is 9.75. The van der Waals surface area contributed by atoms with Gasteiger partial charge in [0.25, 0.3) is 0 Å². The third-order valence-corrected chi connectivity index (χ3v) is 3.87. The van der Waals surface area contributed by atoms with Crippen LogP contribution in [0.25, 0.3) is 0 Å². The van der Waals surface area contributed by atoms with E-state index >= 15 is 0 Å². The largest absolute Gasteiger partial charge is 0.395 e. The Balaban J connectivity index is 2.46. The van der Waals surface area contributed by atoms with Crippen LogP contribution < -0.4 is 0 Å². The molecule has 0 aliphatic carbocycles. The number of aryl methyl sites for hydroxylation is 1. The lowest BCUT2D eigenvalue weighted by Gasteiger charge is -2.32. The average molecular weight is 292 g/mol. The van der Waals surface area contributed by atoms with Crippen molar-refractivity contribution in [1.29, 1.82) is 0 Å². The molecule has 0 amide bonds. The Morgan fingerprint density at radius 1 is 1.00 bits per heavy atom. The van der Waals surface area contributed by atoms with Crippen LogP contribution in [-0.2, 0) is 11.8 Å². The van der Waals surface area contributed by atoms with Crippen LogP contribution in [0.2, 0.25) is 0 Å². The first-order chi connectivity index (χ1) is 10.0. The molecule has 2 N–H and O–H groups in total. The highest BCUT2D eigenvalue weighted by Crippen LogP contribution is 2.31. The van der Waals surface area contributed by atoms with Gasteiger partial charge in [-0.1, -0.05) is 30.3 Å². The molecular formula is C17H18F2O2. The zero-order chi connectivity index (χ0) is 15.5. The number of hydrogen-bond donors (Lipinski definition) is 2. The van der Waals surface area contributed by atoms with Gasteiger partial charge < -0.3 is 10.2 Å². The van der Waals surface area contributed by atoms with Gasteiger partial charge in [-0.3, -0.25) is 0 Å². The minimum absolute atomic E-state index is 0.0942. The van der Waals surface area contributed by atoms with E-state index in [2.05, 4.69) is 0 Å². The van der Waals surface area contributed by atoms with Crippen LogP contribution in [0.1, 0.15) is 16.7 Å². The van der Waals surface area contributed by atoms with Crippen molar-refractivity contribution in [2.75, 3.05) is 13.2 Å². The molecule has 0 bridgehead atoms. The highest BCUT2D eigenvalue weighted by molar-refractivity contribution is 5.36. The maximum absolute atomic E-state index is 13.9. The average Bonchev–Trinajstić information content (AvgIpc) is 2.48. The first-order valence-electron chi connectivity index (χ1n) is 6.74. The topological polar surface area (TPSA) is 40.5 Å². The highest BCUT2D eigenvalue weighted by atomic mass is 19.1. The Labute approximate surface area is 122 Å². The van der Waals surface area contributed by atoms with Gasteiger partial charge in [-0.15, -0.1) is 0 Å². The van der Waals surface area contributed by atoms with Crippen LogP contribution in [-0.4, -0.2) is 23.4 Å². The van der Waals surface area contributed by atoms with Gasteiger partial charge >= 0.3 is 0 Å². The molecular weight excluding hydrogens is 274 g/mol. The Morgan fingerprint density at radius 3 is 2.24 bits per heavy atom. The smallest absolute Gasteiger partial charge is 0.129 e. The molecule has 21 heavy (non-hydrogen) atoms. The minimum atomic E-state index is -0.996. The normalized spacial score (nSPS) is 11.7. The zero-order valence-corrected chi connectivity index (χ0v) is 11.8. The highest BCUT2D eigenvalue weighted by Gasteiger charge is 2.33. The van der Waals surface area contributed by atoms with Crippen molar-refractivity contribution < 1.29 is 19.0 Å². The van der Waals surface area contributed by atoms with Gasteiger partial charge in [0.2, 0.25) is 0 Å². The summed E-state index contributed by atoms with van der Waals surface area (Å²) in [6.07, 6.45) is 0.0942. The first-order valence-corrected chi connectivity index (χ1v) is 6.74. The molecule has 0 aromatic heterocycles. The molecule has 0 saturated heterocycles. The number of aliphatic hydroxyl groups excluding tert-OH is 2. The van der Waals surface area contributed by atoms with E-state index in [9.17, 15) is 19.0 Å². The molecule has 0 atom stereocenters. The van der Waals surface area contributed by atoms with Gasteiger partial charge in [0.05, 0.1) is 13.2 Å². The summed E-state index contributed by atoms with van der Waals surface area (Å²) >= 11 is 0. The molecule has 2 aromatic rings. The third-order valence-electron chi connectivity index (χ3n) is 3.87. The lowest BCUT2D eigenvalue weighted by Crippen LogP contribution is -2.38. The van der Waals surface area contributed by atoms with Crippen LogP contribution in [0, 0.1) is 18.6 Å². The molecule has 0 unspecified atom stereocenters. The number of aliphatic hydroxyl groups is 2. The van der Waals surface area contributed by atoms with E-state index in [0.29, 0.717) is 0 Å². The lowest BCUT2D eigenvalue weighted by molar-refractivity contribution is 0.115. The van der Waals surface area contributed by atoms with Crippen LogP contribution in [0.4, 0.5) is 8.78 Å². The zero-order valence-electron chi connectivity index (χ0n) is 11.8. The van der Waals surface area contributed by atoms with E-state index in [-0.39, 0.29) is 25.2 Å². The fourth-order valence-corrected chi connectivity index (χ4v) is 2.62. The summed E-state index contributed by atoms with van der Waals surface area (Å²) in [7, 11) is 0. The van der Waals surface area contributed by atoms with Gasteiger partial charge in [-0.25, -0.2) is 8.78 Å². The maximum atomic E-state index is 13.9. The van der Waals surface area contributed by atoms with E-state index < -0.39 is 17.0 Å². The molecule has 0 radical (unpaired) electrons. The van der Waals surface area contributed by atoms with E-state index in [1.54, 1.807) is 0 Å². The molecule has 112 valence electrons. The molecule has 2 aromatic carbocycles. The van der Waals surface area contributed by atoms with Crippen molar-refractivity contribution in [2.24, 2.45) is 0 Å². The van der Waals surface area contributed by atoms with Gasteiger partial charge in [-0.2, -0.15) is 0 Å². The van der Waals surface area contributed by atoms with Crippen LogP contribution >= 0.6 is 0 Å². The van der Waals surface area contributed by atoms with Crippen molar-refractivity contribution in [1.82, 2.24) is 0 Å². The minimum Gasteiger partial charge on any atom is -0.395 e. The number of halogens is 2. The van der Waals surface area contributed by atoms with Crippen molar-refractivity contribution in [3.63, 3.8) is 0 Å². The summed E-state index contributed by atoms with van der Waals surface area (Å²) in [5.74, 6) is -1.32. The van der Waals surface area contributed by atoms with Crippen molar-refractivity contribution >= 4 is 0 Å². The third kappa shape index (κ3) is 3.12. The fourth-order valence-electron chi connectivity index (χ4n) is 2.62. The fraction of sp³-hybridized carbons (Fsp3) is 0.294. The monoisotopic (exact) mass is 292 g/mol. The second-order valence-corrected chi connectivity index (χ2v) is 5.32. The van der Waals surface area contributed by atoms with E-state index in [4.69, 9.17) is 0 Å². The summed E-state index contributed by atoms with van der Waals surface area (Å²) in [5, 5.41) is 19.6. The number of hydrogen-bond acceptors (Lipinski definition) is 2. The summed E-state index contributed by atoms with van der Waals surface area (Å²) in [5.41, 5.74) is 0.939. The molecule has 0 saturated carbocycles. The Morgan fingerprint density at radius 2 is 1.67 bits per heavy atom. The second-order valence-electron chi connectivity index (χ2n) is 5.32. The van der Waals surface area contributed by atoms with Crippen molar-refractivity contribution in [3.05, 3.63) is 70.8 Å². The Hall–Kier alpha value is -1.78. The Bertz CT molecular complexity index is 622. The predicted molar refractivity (Wildman–Crippen MR) is 77.1 cm³/mol. The molecule has 2 rings (SSSR count).